The molecule has 0 saturated carbocycles. The van der Waals surface area contributed by atoms with Crippen molar-refractivity contribution in [1.29, 1.82) is 0 Å². The van der Waals surface area contributed by atoms with Gasteiger partial charge in [0.1, 0.15) is 0 Å². The zero-order valence-electron chi connectivity index (χ0n) is 16.9. The number of hydrogen-bond acceptors (Lipinski definition) is 4. The summed E-state index contributed by atoms with van der Waals surface area (Å²) >= 11 is 6.15. The lowest BCUT2D eigenvalue weighted by Crippen LogP contribution is -2.41. The summed E-state index contributed by atoms with van der Waals surface area (Å²) in [5.41, 5.74) is 1.64. The van der Waals surface area contributed by atoms with Crippen molar-refractivity contribution >= 4 is 28.7 Å². The summed E-state index contributed by atoms with van der Waals surface area (Å²) in [5.74, 6) is 0.752. The van der Waals surface area contributed by atoms with E-state index in [0.717, 1.165) is 43.9 Å². The Morgan fingerprint density at radius 2 is 1.83 bits per heavy atom. The number of fused-ring (bicyclic) bond motifs is 3. The molecule has 0 saturated heterocycles. The molecular formula is C21H26ClN5O2. The highest BCUT2D eigenvalue weighted by Crippen LogP contribution is 2.26. The largest absolute Gasteiger partial charge is 0.338 e. The van der Waals surface area contributed by atoms with E-state index in [9.17, 15) is 9.59 Å². The molecule has 0 aliphatic carbocycles. The zero-order valence-corrected chi connectivity index (χ0v) is 17.7. The van der Waals surface area contributed by atoms with Crippen LogP contribution in [0.1, 0.15) is 38.7 Å². The molecule has 29 heavy (non-hydrogen) atoms. The maximum Gasteiger partial charge on any atom is 0.332 e. The molecule has 2 aromatic heterocycles. The first-order chi connectivity index (χ1) is 14.0. The van der Waals surface area contributed by atoms with Crippen LogP contribution in [-0.4, -0.2) is 25.2 Å². The Morgan fingerprint density at radius 3 is 2.55 bits per heavy atom. The van der Waals surface area contributed by atoms with Crippen LogP contribution in [0.5, 0.6) is 0 Å². The van der Waals surface area contributed by atoms with E-state index < -0.39 is 0 Å². The van der Waals surface area contributed by atoms with Crippen molar-refractivity contribution in [2.75, 3.05) is 11.4 Å². The van der Waals surface area contributed by atoms with E-state index in [2.05, 4.69) is 4.90 Å². The number of rotatable bonds is 6. The van der Waals surface area contributed by atoms with Gasteiger partial charge in [0, 0.05) is 37.7 Å². The number of halogens is 1. The average molecular weight is 416 g/mol. The fourth-order valence-electron chi connectivity index (χ4n) is 4.10. The monoisotopic (exact) mass is 415 g/mol. The highest BCUT2D eigenvalue weighted by Gasteiger charge is 2.26. The van der Waals surface area contributed by atoms with Crippen LogP contribution in [0.25, 0.3) is 11.2 Å². The SMILES string of the molecule is CCCn1c(=O)c2c(nc3n2CCCN3Cc2cccc(Cl)c2)n(CCC)c1=O. The maximum atomic E-state index is 13.2. The molecular weight excluding hydrogens is 390 g/mol. The standard InChI is InChI=1S/C21H26ClN5O2/c1-3-9-26-18-17(19(28)27(10-4-2)21(26)29)25-12-6-11-24(20(25)23-18)14-15-7-5-8-16(22)13-15/h5,7-8,13H,3-4,6,9-12,14H2,1-2H3. The predicted octanol–water partition coefficient (Wildman–Crippen LogP) is 3.24. The van der Waals surface area contributed by atoms with Gasteiger partial charge in [0.05, 0.1) is 0 Å². The fourth-order valence-corrected chi connectivity index (χ4v) is 4.32. The second kappa shape index (κ2) is 8.06. The summed E-state index contributed by atoms with van der Waals surface area (Å²) in [5, 5.41) is 0.701. The van der Waals surface area contributed by atoms with Crippen molar-refractivity contribution in [2.24, 2.45) is 0 Å². The van der Waals surface area contributed by atoms with E-state index in [1.54, 1.807) is 4.57 Å². The van der Waals surface area contributed by atoms with Crippen LogP contribution in [0.15, 0.2) is 33.9 Å². The number of benzene rings is 1. The van der Waals surface area contributed by atoms with Gasteiger partial charge in [-0.2, -0.15) is 4.98 Å². The third kappa shape index (κ3) is 3.48. The molecule has 7 nitrogen and oxygen atoms in total. The normalized spacial score (nSPS) is 13.8. The second-order valence-electron chi connectivity index (χ2n) is 7.53. The third-order valence-corrected chi connectivity index (χ3v) is 5.58. The fraction of sp³-hybridized carbons (Fsp3) is 0.476. The molecule has 4 rings (SSSR count). The van der Waals surface area contributed by atoms with Gasteiger partial charge < -0.3 is 9.47 Å². The van der Waals surface area contributed by atoms with Gasteiger partial charge in [-0.25, -0.2) is 4.79 Å². The number of aryl methyl sites for hydroxylation is 2. The minimum absolute atomic E-state index is 0.234. The Balaban J connectivity index is 1.89. The van der Waals surface area contributed by atoms with Gasteiger partial charge in [0.15, 0.2) is 11.2 Å². The second-order valence-corrected chi connectivity index (χ2v) is 7.97. The summed E-state index contributed by atoms with van der Waals surface area (Å²) in [6.45, 7) is 7.19. The molecule has 0 bridgehead atoms. The summed E-state index contributed by atoms with van der Waals surface area (Å²) in [6.07, 6.45) is 2.45. The van der Waals surface area contributed by atoms with E-state index in [1.165, 1.54) is 4.57 Å². The van der Waals surface area contributed by atoms with Crippen LogP contribution in [0.3, 0.4) is 0 Å². The number of aromatic nitrogens is 4. The zero-order chi connectivity index (χ0) is 20.5. The van der Waals surface area contributed by atoms with Crippen LogP contribution in [0.4, 0.5) is 5.95 Å². The van der Waals surface area contributed by atoms with Crippen molar-refractivity contribution in [3.63, 3.8) is 0 Å². The lowest BCUT2D eigenvalue weighted by Gasteiger charge is -2.29. The highest BCUT2D eigenvalue weighted by atomic mass is 35.5. The first kappa shape index (κ1) is 19.8. The number of anilines is 1. The Bertz CT molecular complexity index is 1160. The molecule has 0 atom stereocenters. The highest BCUT2D eigenvalue weighted by molar-refractivity contribution is 6.30. The van der Waals surface area contributed by atoms with Crippen LogP contribution >= 0.6 is 11.6 Å². The van der Waals surface area contributed by atoms with Crippen LogP contribution in [-0.2, 0) is 26.2 Å². The molecule has 0 unspecified atom stereocenters. The minimum atomic E-state index is -0.261. The summed E-state index contributed by atoms with van der Waals surface area (Å²) in [6, 6.07) is 7.78. The van der Waals surface area contributed by atoms with Gasteiger partial charge in [-0.1, -0.05) is 37.6 Å². The summed E-state index contributed by atoms with van der Waals surface area (Å²) < 4.78 is 5.02. The predicted molar refractivity (Wildman–Crippen MR) is 116 cm³/mol. The number of imidazole rings is 1. The Kier molecular flexibility index (Phi) is 5.50. The molecule has 3 heterocycles. The average Bonchev–Trinajstić information content (AvgIpc) is 3.09. The van der Waals surface area contributed by atoms with E-state index in [1.807, 2.05) is 42.7 Å². The van der Waals surface area contributed by atoms with Gasteiger partial charge in [-0.05, 0) is 37.0 Å². The van der Waals surface area contributed by atoms with Crippen LogP contribution < -0.4 is 16.1 Å². The number of hydrogen-bond donors (Lipinski definition) is 0. The molecule has 1 aromatic carbocycles. The molecule has 0 spiro atoms. The smallest absolute Gasteiger partial charge is 0.332 e. The van der Waals surface area contributed by atoms with E-state index >= 15 is 0 Å². The van der Waals surface area contributed by atoms with Crippen molar-refractivity contribution in [3.05, 3.63) is 55.7 Å². The van der Waals surface area contributed by atoms with Crippen molar-refractivity contribution in [2.45, 2.75) is 59.3 Å². The molecule has 154 valence electrons. The first-order valence-corrected chi connectivity index (χ1v) is 10.7. The molecule has 8 heteroatoms. The van der Waals surface area contributed by atoms with Crippen LogP contribution in [0, 0.1) is 0 Å². The topological polar surface area (TPSA) is 65.1 Å². The molecule has 3 aromatic rings. The van der Waals surface area contributed by atoms with Crippen molar-refractivity contribution in [3.8, 4) is 0 Å². The maximum absolute atomic E-state index is 13.2. The summed E-state index contributed by atoms with van der Waals surface area (Å²) in [4.78, 5) is 33.1. The van der Waals surface area contributed by atoms with E-state index in [-0.39, 0.29) is 11.2 Å². The minimum Gasteiger partial charge on any atom is -0.338 e. The van der Waals surface area contributed by atoms with Gasteiger partial charge in [0.2, 0.25) is 5.95 Å². The quantitative estimate of drug-likeness (QED) is 0.620. The van der Waals surface area contributed by atoms with Gasteiger partial charge in [-0.15, -0.1) is 0 Å². The van der Waals surface area contributed by atoms with Gasteiger partial charge in [-0.3, -0.25) is 13.9 Å². The first-order valence-electron chi connectivity index (χ1n) is 10.3. The number of nitrogens with zero attached hydrogens (tertiary/aromatic N) is 5. The molecule has 1 aliphatic heterocycles. The van der Waals surface area contributed by atoms with E-state index in [4.69, 9.17) is 16.6 Å². The Hall–Kier alpha value is -2.54. The van der Waals surface area contributed by atoms with Crippen molar-refractivity contribution < 1.29 is 0 Å². The molecule has 0 fully saturated rings. The lowest BCUT2D eigenvalue weighted by atomic mass is 10.2. The van der Waals surface area contributed by atoms with Crippen LogP contribution in [0.2, 0.25) is 5.02 Å². The molecule has 0 radical (unpaired) electrons. The van der Waals surface area contributed by atoms with Crippen molar-refractivity contribution in [1.82, 2.24) is 18.7 Å². The van der Waals surface area contributed by atoms with Gasteiger partial charge >= 0.3 is 5.69 Å². The Labute approximate surface area is 174 Å². The molecule has 1 aliphatic rings. The summed E-state index contributed by atoms with van der Waals surface area (Å²) in [7, 11) is 0. The molecule has 0 N–H and O–H groups in total. The molecule has 0 amide bonds. The Morgan fingerprint density at radius 1 is 1.07 bits per heavy atom. The van der Waals surface area contributed by atoms with E-state index in [0.29, 0.717) is 35.8 Å². The van der Waals surface area contributed by atoms with Gasteiger partial charge in [0.25, 0.3) is 5.56 Å². The third-order valence-electron chi connectivity index (χ3n) is 5.34. The lowest BCUT2D eigenvalue weighted by molar-refractivity contribution is 0.546.